The van der Waals surface area contributed by atoms with Crippen LogP contribution in [0.4, 0.5) is 0 Å². The van der Waals surface area contributed by atoms with Crippen LogP contribution in [0.1, 0.15) is 18.2 Å². The third-order valence-corrected chi connectivity index (χ3v) is 2.70. The van der Waals surface area contributed by atoms with E-state index in [4.69, 9.17) is 13.9 Å². The Morgan fingerprint density at radius 1 is 1.44 bits per heavy atom. The molecule has 1 aromatic rings. The highest BCUT2D eigenvalue weighted by molar-refractivity contribution is 5.36. The van der Waals surface area contributed by atoms with Crippen molar-refractivity contribution in [3.8, 4) is 11.7 Å². The Bertz CT molecular complexity index is 501. The number of ether oxygens (including phenoxy) is 2. The first kappa shape index (κ1) is 14.3. The topological polar surface area (TPSA) is 68.9 Å². The maximum Gasteiger partial charge on any atom is 0.332 e. The lowest BCUT2D eigenvalue weighted by Crippen LogP contribution is -2.17. The molecule has 1 unspecified atom stereocenters. The Kier molecular flexibility index (Phi) is 4.55. The molecule has 0 radical (unpaired) electrons. The van der Waals surface area contributed by atoms with Crippen molar-refractivity contribution < 1.29 is 19.0 Å². The van der Waals surface area contributed by atoms with Crippen molar-refractivity contribution in [1.29, 1.82) is 0 Å². The van der Waals surface area contributed by atoms with Crippen molar-refractivity contribution in [2.45, 2.75) is 26.4 Å². The van der Waals surface area contributed by atoms with Crippen LogP contribution in [0.5, 0.6) is 11.7 Å². The van der Waals surface area contributed by atoms with Crippen molar-refractivity contribution in [2.24, 2.45) is 0 Å². The zero-order valence-electron chi connectivity index (χ0n) is 11.1. The van der Waals surface area contributed by atoms with Crippen LogP contribution in [0.15, 0.2) is 21.4 Å². The van der Waals surface area contributed by atoms with Gasteiger partial charge < -0.3 is 19.0 Å². The molecule has 0 saturated carbocycles. The number of aliphatic hydroxyl groups is 1. The molecule has 5 heteroatoms. The zero-order chi connectivity index (χ0) is 13.9. The molecule has 1 atom stereocenters. The Hall–Kier alpha value is -1.75. The smallest absolute Gasteiger partial charge is 0.332 e. The molecule has 0 aromatic carbocycles. The fraction of sp³-hybridized carbons (Fsp3) is 0.462. The Morgan fingerprint density at radius 2 is 2.06 bits per heavy atom. The van der Waals surface area contributed by atoms with Gasteiger partial charge in [-0.15, -0.1) is 0 Å². The maximum atomic E-state index is 12.0. The van der Waals surface area contributed by atoms with Crippen LogP contribution in [-0.4, -0.2) is 25.4 Å². The van der Waals surface area contributed by atoms with E-state index in [-0.39, 0.29) is 23.5 Å². The number of methoxy groups -OCH3 is 2. The molecule has 5 nitrogen and oxygen atoms in total. The summed E-state index contributed by atoms with van der Waals surface area (Å²) in [4.78, 5) is 12.0. The first-order chi connectivity index (χ1) is 8.42. The SMILES string of the molecule is C=C(C)C(O)Cc1oc(OC)c(OC)c(=O)c1C. The minimum absolute atomic E-state index is 0.0111. The van der Waals surface area contributed by atoms with Crippen LogP contribution >= 0.6 is 0 Å². The Balaban J connectivity index is 3.26. The summed E-state index contributed by atoms with van der Waals surface area (Å²) < 4.78 is 15.3. The molecule has 0 amide bonds. The summed E-state index contributed by atoms with van der Waals surface area (Å²) in [6.07, 6.45) is -0.582. The zero-order valence-corrected chi connectivity index (χ0v) is 11.1. The first-order valence-electron chi connectivity index (χ1n) is 5.50. The van der Waals surface area contributed by atoms with Crippen LogP contribution in [-0.2, 0) is 6.42 Å². The van der Waals surface area contributed by atoms with Gasteiger partial charge in [0.25, 0.3) is 0 Å². The third kappa shape index (κ3) is 2.73. The average Bonchev–Trinajstić information content (AvgIpc) is 2.34. The highest BCUT2D eigenvalue weighted by Crippen LogP contribution is 2.26. The summed E-state index contributed by atoms with van der Waals surface area (Å²) in [6.45, 7) is 6.98. The average molecular weight is 254 g/mol. The van der Waals surface area contributed by atoms with E-state index in [0.29, 0.717) is 16.9 Å². The fourth-order valence-electron chi connectivity index (χ4n) is 1.48. The monoisotopic (exact) mass is 254 g/mol. The Morgan fingerprint density at radius 3 is 2.50 bits per heavy atom. The second-order valence-electron chi connectivity index (χ2n) is 4.07. The van der Waals surface area contributed by atoms with E-state index >= 15 is 0 Å². The number of hydrogen-bond acceptors (Lipinski definition) is 5. The van der Waals surface area contributed by atoms with Gasteiger partial charge in [0.05, 0.1) is 20.3 Å². The van der Waals surface area contributed by atoms with Crippen molar-refractivity contribution in [1.82, 2.24) is 0 Å². The van der Waals surface area contributed by atoms with E-state index in [1.807, 2.05) is 0 Å². The molecule has 1 heterocycles. The van der Waals surface area contributed by atoms with Crippen molar-refractivity contribution in [3.63, 3.8) is 0 Å². The van der Waals surface area contributed by atoms with Crippen molar-refractivity contribution in [2.75, 3.05) is 14.2 Å². The van der Waals surface area contributed by atoms with Crippen LogP contribution < -0.4 is 14.9 Å². The lowest BCUT2D eigenvalue weighted by molar-refractivity contribution is 0.191. The minimum atomic E-state index is -0.759. The molecule has 100 valence electrons. The molecular weight excluding hydrogens is 236 g/mol. The molecule has 0 spiro atoms. The summed E-state index contributed by atoms with van der Waals surface area (Å²) in [5.41, 5.74) is 0.698. The number of hydrogen-bond donors (Lipinski definition) is 1. The summed E-state index contributed by atoms with van der Waals surface area (Å²) in [7, 11) is 2.76. The summed E-state index contributed by atoms with van der Waals surface area (Å²) >= 11 is 0. The quantitative estimate of drug-likeness (QED) is 0.805. The summed E-state index contributed by atoms with van der Waals surface area (Å²) in [5.74, 6) is 0.411. The number of rotatable bonds is 5. The van der Waals surface area contributed by atoms with Gasteiger partial charge in [-0.2, -0.15) is 0 Å². The van der Waals surface area contributed by atoms with Gasteiger partial charge in [0, 0.05) is 12.0 Å². The van der Waals surface area contributed by atoms with Gasteiger partial charge in [-0.3, -0.25) is 4.79 Å². The second kappa shape index (κ2) is 5.73. The molecule has 0 aliphatic heterocycles. The van der Waals surface area contributed by atoms with E-state index in [1.165, 1.54) is 14.2 Å². The predicted octanol–water partition coefficient (Wildman–Crippen LogP) is 1.44. The van der Waals surface area contributed by atoms with E-state index in [1.54, 1.807) is 13.8 Å². The van der Waals surface area contributed by atoms with E-state index in [2.05, 4.69) is 6.58 Å². The fourth-order valence-corrected chi connectivity index (χ4v) is 1.48. The molecule has 0 saturated heterocycles. The van der Waals surface area contributed by atoms with Crippen LogP contribution in [0.2, 0.25) is 0 Å². The van der Waals surface area contributed by atoms with Crippen LogP contribution in [0, 0.1) is 6.92 Å². The normalized spacial score (nSPS) is 12.1. The van der Waals surface area contributed by atoms with Crippen molar-refractivity contribution >= 4 is 0 Å². The molecule has 0 aliphatic rings. The molecule has 1 rings (SSSR count). The molecule has 1 aromatic heterocycles. The Labute approximate surface area is 106 Å². The lowest BCUT2D eigenvalue weighted by Gasteiger charge is -2.13. The highest BCUT2D eigenvalue weighted by Gasteiger charge is 2.20. The van der Waals surface area contributed by atoms with Gasteiger partial charge in [-0.25, -0.2) is 0 Å². The number of aliphatic hydroxyl groups excluding tert-OH is 1. The van der Waals surface area contributed by atoms with Crippen molar-refractivity contribution in [3.05, 3.63) is 33.7 Å². The van der Waals surface area contributed by atoms with Gasteiger partial charge in [0.15, 0.2) is 0 Å². The summed E-state index contributed by atoms with van der Waals surface area (Å²) in [6, 6.07) is 0. The van der Waals surface area contributed by atoms with E-state index in [0.717, 1.165) is 0 Å². The summed E-state index contributed by atoms with van der Waals surface area (Å²) in [5, 5.41) is 9.75. The molecule has 0 aliphatic carbocycles. The van der Waals surface area contributed by atoms with E-state index in [9.17, 15) is 9.90 Å². The van der Waals surface area contributed by atoms with Gasteiger partial charge >= 0.3 is 5.95 Å². The van der Waals surface area contributed by atoms with Crippen LogP contribution in [0.25, 0.3) is 0 Å². The largest absolute Gasteiger partial charge is 0.487 e. The lowest BCUT2D eigenvalue weighted by atomic mass is 10.1. The van der Waals surface area contributed by atoms with Gasteiger partial charge in [0.1, 0.15) is 5.76 Å². The predicted molar refractivity (Wildman–Crippen MR) is 67.3 cm³/mol. The maximum absolute atomic E-state index is 12.0. The minimum Gasteiger partial charge on any atom is -0.487 e. The standard InChI is InChI=1S/C13H18O5/c1-7(2)9(14)6-10-8(3)11(15)12(16-4)13(17-5)18-10/h9,14H,1,6H2,2-5H3. The van der Waals surface area contributed by atoms with Gasteiger partial charge in [-0.1, -0.05) is 12.2 Å². The second-order valence-corrected chi connectivity index (χ2v) is 4.07. The molecule has 0 bridgehead atoms. The van der Waals surface area contributed by atoms with Crippen LogP contribution in [0.3, 0.4) is 0 Å². The van der Waals surface area contributed by atoms with Gasteiger partial charge in [0.2, 0.25) is 11.2 Å². The molecule has 18 heavy (non-hydrogen) atoms. The molecule has 0 fully saturated rings. The highest BCUT2D eigenvalue weighted by atomic mass is 16.6. The molecular formula is C13H18O5. The van der Waals surface area contributed by atoms with E-state index < -0.39 is 6.10 Å². The third-order valence-electron chi connectivity index (χ3n) is 2.70. The molecule has 1 N–H and O–H groups in total. The first-order valence-corrected chi connectivity index (χ1v) is 5.50. The van der Waals surface area contributed by atoms with Gasteiger partial charge in [-0.05, 0) is 13.8 Å².